The maximum atomic E-state index is 12.6. The zero-order valence-corrected chi connectivity index (χ0v) is 20.2. The number of benzene rings is 2. The van der Waals surface area contributed by atoms with Crippen LogP contribution in [0.4, 0.5) is 0 Å². The Hall–Kier alpha value is -2.77. The first-order valence-corrected chi connectivity index (χ1v) is 12.3. The molecule has 1 saturated heterocycles. The summed E-state index contributed by atoms with van der Waals surface area (Å²) in [5, 5.41) is 10.3. The van der Waals surface area contributed by atoms with E-state index in [9.17, 15) is 4.79 Å². The van der Waals surface area contributed by atoms with Gasteiger partial charge >= 0.3 is 0 Å². The molecule has 1 aromatic heterocycles. The summed E-state index contributed by atoms with van der Waals surface area (Å²) < 4.78 is 2.42. The first-order valence-electron chi connectivity index (χ1n) is 11.9. The van der Waals surface area contributed by atoms with Crippen molar-refractivity contribution in [1.82, 2.24) is 25.0 Å². The molecule has 2 N–H and O–H groups in total. The minimum absolute atomic E-state index is 0.00575. The highest BCUT2D eigenvalue weighted by atomic mass is 32.1. The number of aromatic nitrogens is 3. The van der Waals surface area contributed by atoms with Crippen molar-refractivity contribution in [2.75, 3.05) is 13.1 Å². The number of aromatic amines is 1. The Balaban J connectivity index is 1.31. The average Bonchev–Trinajstić information content (AvgIpc) is 3.00. The molecule has 4 rings (SSSR count). The predicted octanol–water partition coefficient (Wildman–Crippen LogP) is 5.00. The quantitative estimate of drug-likeness (QED) is 0.462. The van der Waals surface area contributed by atoms with Gasteiger partial charge in [-0.25, -0.2) is 0 Å². The second-order valence-electron chi connectivity index (χ2n) is 8.91. The van der Waals surface area contributed by atoms with Crippen LogP contribution in [0.2, 0.25) is 0 Å². The zero-order chi connectivity index (χ0) is 23.0. The molecule has 0 aliphatic carbocycles. The molecule has 6 nitrogen and oxygen atoms in total. The fourth-order valence-corrected chi connectivity index (χ4v) is 4.65. The number of carbonyl (C=O) groups excluding carboxylic acids is 1. The second kappa shape index (κ2) is 11.4. The molecule has 1 aliphatic heterocycles. The number of aryl methyl sites for hydroxylation is 1. The summed E-state index contributed by atoms with van der Waals surface area (Å²) in [7, 11) is 0. The number of hydrogen-bond donors (Lipinski definition) is 2. The van der Waals surface area contributed by atoms with Crippen LogP contribution in [0.5, 0.6) is 0 Å². The van der Waals surface area contributed by atoms with Gasteiger partial charge in [-0.05, 0) is 62.3 Å². The molecule has 3 aromatic rings. The van der Waals surface area contributed by atoms with Crippen molar-refractivity contribution in [3.8, 4) is 11.4 Å². The van der Waals surface area contributed by atoms with Gasteiger partial charge < -0.3 is 5.32 Å². The lowest BCUT2D eigenvalue weighted by molar-refractivity contribution is -0.121. The van der Waals surface area contributed by atoms with Gasteiger partial charge in [-0.15, -0.1) is 0 Å². The van der Waals surface area contributed by atoms with Crippen molar-refractivity contribution in [1.29, 1.82) is 0 Å². The summed E-state index contributed by atoms with van der Waals surface area (Å²) in [4.78, 5) is 15.1. The highest BCUT2D eigenvalue weighted by molar-refractivity contribution is 7.71. The SMILES string of the molecule is Cc1cccc(-c2n[nH]c(=S)n2CCC(=O)NCc2cccc(CN3CCCCCC3)c2)c1. The highest BCUT2D eigenvalue weighted by Crippen LogP contribution is 2.19. The van der Waals surface area contributed by atoms with Crippen molar-refractivity contribution < 1.29 is 4.79 Å². The minimum atomic E-state index is 0.00575. The van der Waals surface area contributed by atoms with E-state index in [1.807, 2.05) is 29.7 Å². The van der Waals surface area contributed by atoms with Crippen molar-refractivity contribution in [2.45, 2.75) is 58.7 Å². The summed E-state index contributed by atoms with van der Waals surface area (Å²) in [6.45, 7) is 6.42. The first kappa shape index (κ1) is 23.4. The molecule has 33 heavy (non-hydrogen) atoms. The second-order valence-corrected chi connectivity index (χ2v) is 9.30. The lowest BCUT2D eigenvalue weighted by Crippen LogP contribution is -2.25. The molecule has 2 aromatic carbocycles. The molecule has 7 heteroatoms. The van der Waals surface area contributed by atoms with Crippen LogP contribution >= 0.6 is 12.2 Å². The monoisotopic (exact) mass is 463 g/mol. The van der Waals surface area contributed by atoms with E-state index in [1.165, 1.54) is 44.3 Å². The molecular formula is C26H33N5OS. The predicted molar refractivity (Wildman–Crippen MR) is 134 cm³/mol. The van der Waals surface area contributed by atoms with Crippen LogP contribution in [0.1, 0.15) is 48.8 Å². The van der Waals surface area contributed by atoms with Gasteiger partial charge in [0.15, 0.2) is 10.6 Å². The summed E-state index contributed by atoms with van der Waals surface area (Å²) in [6, 6.07) is 16.7. The van der Waals surface area contributed by atoms with Crippen LogP contribution in [-0.4, -0.2) is 38.7 Å². The number of likely N-dealkylation sites (tertiary alicyclic amines) is 1. The Morgan fingerprint density at radius 2 is 1.82 bits per heavy atom. The molecule has 0 saturated carbocycles. The molecule has 0 bridgehead atoms. The molecule has 0 spiro atoms. The molecule has 0 radical (unpaired) electrons. The number of nitrogens with zero attached hydrogens (tertiary/aromatic N) is 3. The van der Waals surface area contributed by atoms with Gasteiger partial charge in [0, 0.05) is 31.6 Å². The molecule has 174 valence electrons. The maximum Gasteiger partial charge on any atom is 0.222 e. The molecule has 2 heterocycles. The van der Waals surface area contributed by atoms with Crippen LogP contribution in [-0.2, 0) is 24.4 Å². The van der Waals surface area contributed by atoms with Crippen LogP contribution < -0.4 is 5.32 Å². The smallest absolute Gasteiger partial charge is 0.222 e. The largest absolute Gasteiger partial charge is 0.352 e. The summed E-state index contributed by atoms with van der Waals surface area (Å²) in [6.07, 6.45) is 5.63. The standard InChI is InChI=1S/C26H33N5OS/c1-20-8-6-11-23(16-20)25-28-29-26(33)31(25)15-12-24(32)27-18-21-9-7-10-22(17-21)19-30-13-4-2-3-5-14-30/h6-11,16-17H,2-5,12-15,18-19H2,1H3,(H,27,32)(H,29,33). The van der Waals surface area contributed by atoms with Crippen LogP contribution in [0.25, 0.3) is 11.4 Å². The van der Waals surface area contributed by atoms with Crippen LogP contribution in [0.3, 0.4) is 0 Å². The average molecular weight is 464 g/mol. The van der Waals surface area contributed by atoms with E-state index in [0.717, 1.165) is 29.1 Å². The first-order chi connectivity index (χ1) is 16.1. The third kappa shape index (κ3) is 6.62. The van der Waals surface area contributed by atoms with E-state index in [1.54, 1.807) is 0 Å². The molecular weight excluding hydrogens is 430 g/mol. The van der Waals surface area contributed by atoms with Gasteiger partial charge in [0.25, 0.3) is 0 Å². The third-order valence-corrected chi connectivity index (χ3v) is 6.49. The molecule has 1 fully saturated rings. The van der Waals surface area contributed by atoms with Gasteiger partial charge in [-0.3, -0.25) is 19.4 Å². The Morgan fingerprint density at radius 3 is 2.61 bits per heavy atom. The fourth-order valence-electron chi connectivity index (χ4n) is 4.42. The maximum absolute atomic E-state index is 12.6. The minimum Gasteiger partial charge on any atom is -0.352 e. The highest BCUT2D eigenvalue weighted by Gasteiger charge is 2.12. The van der Waals surface area contributed by atoms with E-state index in [2.05, 4.69) is 50.7 Å². The lowest BCUT2D eigenvalue weighted by Gasteiger charge is -2.20. The van der Waals surface area contributed by atoms with E-state index in [-0.39, 0.29) is 5.91 Å². The number of hydrogen-bond acceptors (Lipinski definition) is 4. The Bertz CT molecular complexity index is 1130. The Morgan fingerprint density at radius 1 is 1.06 bits per heavy atom. The number of carbonyl (C=O) groups is 1. The van der Waals surface area contributed by atoms with Gasteiger partial charge in [0.05, 0.1) is 0 Å². The summed E-state index contributed by atoms with van der Waals surface area (Å²) in [5.74, 6) is 0.768. The normalized spacial score (nSPS) is 14.7. The molecule has 1 amide bonds. The fraction of sp³-hybridized carbons (Fsp3) is 0.423. The van der Waals surface area contributed by atoms with Crippen LogP contribution in [0.15, 0.2) is 48.5 Å². The van der Waals surface area contributed by atoms with E-state index < -0.39 is 0 Å². The third-order valence-electron chi connectivity index (χ3n) is 6.18. The summed E-state index contributed by atoms with van der Waals surface area (Å²) in [5.41, 5.74) is 4.60. The molecule has 0 unspecified atom stereocenters. The van der Waals surface area contributed by atoms with Crippen molar-refractivity contribution in [3.05, 3.63) is 70.0 Å². The number of nitrogens with one attached hydrogen (secondary N) is 2. The van der Waals surface area contributed by atoms with Gasteiger partial charge in [-0.2, -0.15) is 5.10 Å². The lowest BCUT2D eigenvalue weighted by atomic mass is 10.1. The Kier molecular flexibility index (Phi) is 8.07. The van der Waals surface area contributed by atoms with E-state index >= 15 is 0 Å². The van der Waals surface area contributed by atoms with Gasteiger partial charge in [-0.1, -0.05) is 60.9 Å². The van der Waals surface area contributed by atoms with Gasteiger partial charge in [0.1, 0.15) is 0 Å². The number of amides is 1. The topological polar surface area (TPSA) is 66.0 Å². The number of rotatable bonds is 8. The van der Waals surface area contributed by atoms with Crippen molar-refractivity contribution in [2.24, 2.45) is 0 Å². The van der Waals surface area contributed by atoms with E-state index in [0.29, 0.717) is 24.3 Å². The van der Waals surface area contributed by atoms with Crippen LogP contribution in [0, 0.1) is 11.7 Å². The van der Waals surface area contributed by atoms with Crippen molar-refractivity contribution >= 4 is 18.1 Å². The zero-order valence-electron chi connectivity index (χ0n) is 19.3. The Labute approximate surface area is 201 Å². The van der Waals surface area contributed by atoms with E-state index in [4.69, 9.17) is 12.2 Å². The summed E-state index contributed by atoms with van der Waals surface area (Å²) >= 11 is 5.40. The molecule has 0 atom stereocenters. The molecule has 1 aliphatic rings. The van der Waals surface area contributed by atoms with Gasteiger partial charge in [0.2, 0.25) is 5.91 Å². The number of H-pyrrole nitrogens is 1. The van der Waals surface area contributed by atoms with Crippen molar-refractivity contribution in [3.63, 3.8) is 0 Å².